The first-order valence-electron chi connectivity index (χ1n) is 11.7. The summed E-state index contributed by atoms with van der Waals surface area (Å²) in [4.78, 5) is 28.5. The fraction of sp³-hybridized carbons (Fsp3) is 0.400. The lowest BCUT2D eigenvalue weighted by Gasteiger charge is -2.46. The predicted molar refractivity (Wildman–Crippen MR) is 123 cm³/mol. The third-order valence-corrected chi connectivity index (χ3v) is 7.16. The predicted octanol–water partition coefficient (Wildman–Crippen LogP) is 3.05. The number of pyridine rings is 2. The van der Waals surface area contributed by atoms with Gasteiger partial charge in [0, 0.05) is 29.7 Å². The summed E-state index contributed by atoms with van der Waals surface area (Å²) in [6, 6.07) is 9.46. The van der Waals surface area contributed by atoms with Gasteiger partial charge >= 0.3 is 0 Å². The van der Waals surface area contributed by atoms with Crippen molar-refractivity contribution >= 4 is 23.1 Å². The first-order valence-corrected chi connectivity index (χ1v) is 11.7. The molecule has 172 valence electrons. The molecular formula is C25H24N6O3. The Labute approximate surface area is 196 Å². The number of nitrogens with zero attached hydrogens (tertiary/aromatic N) is 4. The Morgan fingerprint density at radius 3 is 2.82 bits per heavy atom. The largest absolute Gasteiger partial charge is 0.489 e. The molecule has 34 heavy (non-hydrogen) atoms. The zero-order valence-electron chi connectivity index (χ0n) is 18.6. The van der Waals surface area contributed by atoms with Gasteiger partial charge in [-0.1, -0.05) is 0 Å². The van der Waals surface area contributed by atoms with Crippen LogP contribution in [0.3, 0.4) is 0 Å². The second kappa shape index (κ2) is 7.83. The molecule has 3 aromatic heterocycles. The summed E-state index contributed by atoms with van der Waals surface area (Å²) in [5.41, 5.74) is 2.33. The van der Waals surface area contributed by atoms with Gasteiger partial charge in [0.05, 0.1) is 17.3 Å². The first-order chi connectivity index (χ1) is 16.5. The quantitative estimate of drug-likeness (QED) is 0.588. The summed E-state index contributed by atoms with van der Waals surface area (Å²) in [5.74, 6) is 1.44. The molecule has 2 saturated heterocycles. The van der Waals surface area contributed by atoms with Crippen molar-refractivity contribution in [2.45, 2.75) is 44.1 Å². The van der Waals surface area contributed by atoms with Crippen molar-refractivity contribution in [3.63, 3.8) is 0 Å². The molecule has 2 bridgehead atoms. The number of nitriles is 1. The summed E-state index contributed by atoms with van der Waals surface area (Å²) in [6.45, 7) is 0.359. The molecule has 0 radical (unpaired) electrons. The number of ether oxygens (including phenoxy) is 1. The maximum absolute atomic E-state index is 12.2. The van der Waals surface area contributed by atoms with Crippen molar-refractivity contribution in [2.75, 3.05) is 11.9 Å². The summed E-state index contributed by atoms with van der Waals surface area (Å²) < 4.78 is 7.94. The second-order valence-electron chi connectivity index (χ2n) is 9.59. The average molecular weight is 457 g/mol. The van der Waals surface area contributed by atoms with E-state index in [-0.39, 0.29) is 34.9 Å². The fourth-order valence-corrected chi connectivity index (χ4v) is 4.96. The molecular weight excluding hydrogens is 432 g/mol. The number of hydrogen-bond acceptors (Lipinski definition) is 6. The summed E-state index contributed by atoms with van der Waals surface area (Å²) in [7, 11) is 0. The van der Waals surface area contributed by atoms with E-state index < -0.39 is 0 Å². The number of piperidine rings is 2. The topological polar surface area (TPSA) is 121 Å². The van der Waals surface area contributed by atoms with Crippen molar-refractivity contribution < 1.29 is 14.3 Å². The van der Waals surface area contributed by atoms with E-state index >= 15 is 0 Å². The molecule has 0 atom stereocenters. The van der Waals surface area contributed by atoms with Crippen LogP contribution in [0.25, 0.3) is 16.6 Å². The van der Waals surface area contributed by atoms with Crippen LogP contribution in [0.4, 0.5) is 5.82 Å². The lowest BCUT2D eigenvalue weighted by atomic mass is 9.72. The Hall–Kier alpha value is -3.93. The van der Waals surface area contributed by atoms with Crippen molar-refractivity contribution in [3.8, 4) is 22.9 Å². The van der Waals surface area contributed by atoms with Gasteiger partial charge < -0.3 is 15.4 Å². The lowest BCUT2D eigenvalue weighted by Crippen LogP contribution is -2.61. The van der Waals surface area contributed by atoms with E-state index in [0.29, 0.717) is 18.2 Å². The Balaban J connectivity index is 1.28. The van der Waals surface area contributed by atoms with Gasteiger partial charge in [0.15, 0.2) is 5.82 Å². The molecule has 0 spiro atoms. The molecule has 9 nitrogen and oxygen atoms in total. The van der Waals surface area contributed by atoms with Gasteiger partial charge in [-0.2, -0.15) is 10.4 Å². The fourth-order valence-electron chi connectivity index (χ4n) is 4.96. The number of amides is 2. The zero-order valence-corrected chi connectivity index (χ0v) is 18.6. The maximum Gasteiger partial charge on any atom is 0.228 e. The van der Waals surface area contributed by atoms with Gasteiger partial charge in [-0.15, -0.1) is 0 Å². The van der Waals surface area contributed by atoms with Gasteiger partial charge in [-0.3, -0.25) is 9.59 Å². The molecule has 5 heterocycles. The van der Waals surface area contributed by atoms with Crippen molar-refractivity contribution in [2.24, 2.45) is 11.8 Å². The minimum absolute atomic E-state index is 0.00956. The number of carbonyl (C=O) groups is 2. The molecule has 0 aromatic carbocycles. The molecule has 7 rings (SSSR count). The summed E-state index contributed by atoms with van der Waals surface area (Å²) in [6.07, 6.45) is 8.84. The Kier molecular flexibility index (Phi) is 4.76. The highest BCUT2D eigenvalue weighted by Crippen LogP contribution is 2.39. The third kappa shape index (κ3) is 3.75. The number of hydrogen-bond donors (Lipinski definition) is 2. The Morgan fingerprint density at radius 1 is 1.26 bits per heavy atom. The smallest absolute Gasteiger partial charge is 0.228 e. The molecule has 2 N–H and O–H groups in total. The van der Waals surface area contributed by atoms with Crippen LogP contribution in [0.5, 0.6) is 5.75 Å². The SMILES string of the molecule is N#Cc1cc(-c2ccn3nc(NC(=O)C4CC4)cc3c2)c(OCC23CCC(CC2)C(=O)N3)cn1. The molecule has 2 amide bonds. The molecule has 0 unspecified atom stereocenters. The van der Waals surface area contributed by atoms with E-state index in [1.807, 2.05) is 24.4 Å². The number of fused-ring (bicyclic) bond motifs is 4. The average Bonchev–Trinajstić information content (AvgIpc) is 3.63. The zero-order chi connectivity index (χ0) is 23.3. The molecule has 3 aromatic rings. The van der Waals surface area contributed by atoms with Crippen molar-refractivity contribution in [1.29, 1.82) is 5.26 Å². The second-order valence-corrected chi connectivity index (χ2v) is 9.59. The van der Waals surface area contributed by atoms with E-state index in [9.17, 15) is 14.9 Å². The van der Waals surface area contributed by atoms with Gasteiger partial charge in [0.2, 0.25) is 11.8 Å². The maximum atomic E-state index is 12.2. The number of rotatable bonds is 6. The van der Waals surface area contributed by atoms with Crippen molar-refractivity contribution in [1.82, 2.24) is 19.9 Å². The van der Waals surface area contributed by atoms with Crippen LogP contribution in [-0.4, -0.2) is 38.6 Å². The van der Waals surface area contributed by atoms with Crippen LogP contribution in [0, 0.1) is 23.2 Å². The summed E-state index contributed by atoms with van der Waals surface area (Å²) >= 11 is 0. The number of aromatic nitrogens is 3. The van der Waals surface area contributed by atoms with Gasteiger partial charge in [-0.25, -0.2) is 9.50 Å². The van der Waals surface area contributed by atoms with E-state index in [1.54, 1.807) is 16.8 Å². The van der Waals surface area contributed by atoms with Crippen LogP contribution < -0.4 is 15.4 Å². The lowest BCUT2D eigenvalue weighted by molar-refractivity contribution is -0.135. The number of nitrogens with one attached hydrogen (secondary N) is 2. The standard InChI is InChI=1S/C25H24N6O3/c26-12-18-10-20(21(13-27-18)34-14-25-6-3-16(4-7-25)24(33)29-25)17-5-8-31-19(9-17)11-22(30-31)28-23(32)15-1-2-15/h5,8-11,13,15-16H,1-4,6-7,14H2,(H,29,33)(H,28,30,32). The highest BCUT2D eigenvalue weighted by Gasteiger charge is 2.45. The monoisotopic (exact) mass is 456 g/mol. The minimum atomic E-state index is -0.346. The highest BCUT2D eigenvalue weighted by molar-refractivity contribution is 5.93. The van der Waals surface area contributed by atoms with Crippen LogP contribution in [-0.2, 0) is 9.59 Å². The number of carbonyl (C=O) groups excluding carboxylic acids is 2. The van der Waals surface area contributed by atoms with Gasteiger partial charge in [-0.05, 0) is 62.3 Å². The molecule has 4 fully saturated rings. The Bertz CT molecular complexity index is 1340. The minimum Gasteiger partial charge on any atom is -0.489 e. The Morgan fingerprint density at radius 2 is 2.09 bits per heavy atom. The van der Waals surface area contributed by atoms with E-state index in [1.165, 1.54) is 0 Å². The van der Waals surface area contributed by atoms with Crippen LogP contribution in [0.15, 0.2) is 36.7 Å². The highest BCUT2D eigenvalue weighted by atomic mass is 16.5. The van der Waals surface area contributed by atoms with Crippen LogP contribution >= 0.6 is 0 Å². The van der Waals surface area contributed by atoms with E-state index in [2.05, 4.69) is 26.8 Å². The summed E-state index contributed by atoms with van der Waals surface area (Å²) in [5, 5.41) is 19.9. The molecule has 2 saturated carbocycles. The van der Waals surface area contributed by atoms with Crippen molar-refractivity contribution in [3.05, 3.63) is 42.4 Å². The van der Waals surface area contributed by atoms with Gasteiger partial charge in [0.1, 0.15) is 24.1 Å². The first kappa shape index (κ1) is 20.7. The number of anilines is 1. The molecule has 9 heteroatoms. The van der Waals surface area contributed by atoms with Gasteiger partial charge in [0.25, 0.3) is 0 Å². The van der Waals surface area contributed by atoms with Crippen LogP contribution in [0.1, 0.15) is 44.2 Å². The van der Waals surface area contributed by atoms with E-state index in [0.717, 1.165) is 55.2 Å². The van der Waals surface area contributed by atoms with Crippen LogP contribution in [0.2, 0.25) is 0 Å². The third-order valence-electron chi connectivity index (χ3n) is 7.16. The van der Waals surface area contributed by atoms with E-state index in [4.69, 9.17) is 4.74 Å². The molecule has 4 aliphatic rings. The molecule has 2 aliphatic carbocycles. The molecule has 2 aliphatic heterocycles. The normalized spacial score (nSPS) is 23.4.